The lowest BCUT2D eigenvalue weighted by atomic mass is 10.3. The fourth-order valence-corrected chi connectivity index (χ4v) is 1.37. The molecule has 0 aliphatic carbocycles. The number of aryl methyl sites for hydroxylation is 1. The highest BCUT2D eigenvalue weighted by Gasteiger charge is 2.21. The molecule has 1 aromatic rings. The lowest BCUT2D eigenvalue weighted by Gasteiger charge is -1.95. The largest absolute Gasteiger partial charge is 0.335 e. The van der Waals surface area contributed by atoms with Gasteiger partial charge in [0.2, 0.25) is 0 Å². The minimum atomic E-state index is -0.0463. The summed E-state index contributed by atoms with van der Waals surface area (Å²) in [5, 5.41) is 3.63. The minimum Gasteiger partial charge on any atom is -0.335 e. The Hall–Kier alpha value is -1.48. The zero-order valence-electron chi connectivity index (χ0n) is 5.88. The molecule has 0 aromatic carbocycles. The molecular weight excluding hydrogens is 142 g/mol. The second-order valence-electron chi connectivity index (χ2n) is 2.49. The van der Waals surface area contributed by atoms with Crippen molar-refractivity contribution in [3.8, 4) is 0 Å². The topological polar surface area (TPSA) is 66.6 Å². The van der Waals surface area contributed by atoms with E-state index >= 15 is 0 Å². The van der Waals surface area contributed by atoms with Crippen molar-refractivity contribution in [2.45, 2.75) is 19.0 Å². The van der Waals surface area contributed by atoms with Crippen molar-refractivity contribution in [2.24, 2.45) is 5.11 Å². The fourth-order valence-electron chi connectivity index (χ4n) is 1.37. The van der Waals surface area contributed by atoms with Crippen LogP contribution in [0.15, 0.2) is 17.5 Å². The Labute approximate surface area is 63.3 Å². The van der Waals surface area contributed by atoms with Gasteiger partial charge in [0, 0.05) is 23.9 Å². The van der Waals surface area contributed by atoms with Crippen LogP contribution < -0.4 is 0 Å². The van der Waals surface area contributed by atoms with Crippen LogP contribution in [0.2, 0.25) is 0 Å². The zero-order valence-corrected chi connectivity index (χ0v) is 5.88. The molecule has 1 atom stereocenters. The van der Waals surface area contributed by atoms with Gasteiger partial charge in [-0.1, -0.05) is 5.11 Å². The second-order valence-corrected chi connectivity index (χ2v) is 2.49. The summed E-state index contributed by atoms with van der Waals surface area (Å²) in [6, 6.07) is -0.0463. The molecule has 2 heterocycles. The first-order valence-electron chi connectivity index (χ1n) is 3.47. The third-order valence-corrected chi connectivity index (χ3v) is 1.88. The summed E-state index contributed by atoms with van der Waals surface area (Å²) in [4.78, 5) is 6.86. The maximum absolute atomic E-state index is 8.21. The Balaban J connectivity index is 2.38. The fraction of sp³-hybridized carbons (Fsp3) is 0.500. The van der Waals surface area contributed by atoms with Gasteiger partial charge in [-0.2, -0.15) is 0 Å². The highest BCUT2D eigenvalue weighted by Crippen LogP contribution is 2.26. The Bertz CT molecular complexity index is 309. The van der Waals surface area contributed by atoms with Gasteiger partial charge in [-0.05, 0) is 12.0 Å². The molecule has 56 valence electrons. The molecule has 0 unspecified atom stereocenters. The molecular formula is C6H7N5. The standard InChI is InChI=1S/C6H7N5/c7-10-9-5-1-3-11-4-2-8-6(5)11/h2,4-5H,1,3H2/t5-/m1/s1. The third-order valence-electron chi connectivity index (χ3n) is 1.88. The predicted octanol–water partition coefficient (Wildman–Crippen LogP) is 1.64. The van der Waals surface area contributed by atoms with Gasteiger partial charge in [0.25, 0.3) is 0 Å². The van der Waals surface area contributed by atoms with Crippen LogP contribution in [0.4, 0.5) is 0 Å². The molecule has 0 amide bonds. The molecule has 11 heavy (non-hydrogen) atoms. The number of hydrogen-bond acceptors (Lipinski definition) is 2. The first-order valence-corrected chi connectivity index (χ1v) is 3.47. The molecule has 1 aromatic heterocycles. The maximum atomic E-state index is 8.21. The van der Waals surface area contributed by atoms with Crippen LogP contribution in [0, 0.1) is 0 Å². The van der Waals surface area contributed by atoms with Gasteiger partial charge in [0.15, 0.2) is 0 Å². The molecule has 1 aliphatic heterocycles. The van der Waals surface area contributed by atoms with E-state index in [2.05, 4.69) is 15.0 Å². The van der Waals surface area contributed by atoms with E-state index in [0.717, 1.165) is 18.8 Å². The van der Waals surface area contributed by atoms with E-state index < -0.39 is 0 Å². The van der Waals surface area contributed by atoms with E-state index in [9.17, 15) is 0 Å². The first-order chi connectivity index (χ1) is 5.42. The SMILES string of the molecule is [N-]=[N+]=N[C@@H]1CCn2ccnc21. The van der Waals surface area contributed by atoms with Gasteiger partial charge in [-0.25, -0.2) is 4.98 Å². The van der Waals surface area contributed by atoms with Gasteiger partial charge in [0.1, 0.15) is 5.82 Å². The summed E-state index contributed by atoms with van der Waals surface area (Å²) < 4.78 is 2.01. The van der Waals surface area contributed by atoms with Crippen LogP contribution in [0.1, 0.15) is 18.3 Å². The minimum absolute atomic E-state index is 0.0463. The molecule has 0 fully saturated rings. The summed E-state index contributed by atoms with van der Waals surface area (Å²) in [6.45, 7) is 0.916. The van der Waals surface area contributed by atoms with Crippen molar-refractivity contribution in [3.63, 3.8) is 0 Å². The molecule has 0 radical (unpaired) electrons. The van der Waals surface area contributed by atoms with Crippen molar-refractivity contribution in [3.05, 3.63) is 28.7 Å². The number of rotatable bonds is 1. The smallest absolute Gasteiger partial charge is 0.117 e. The Kier molecular flexibility index (Phi) is 1.30. The highest BCUT2D eigenvalue weighted by molar-refractivity contribution is 5.04. The monoisotopic (exact) mass is 149 g/mol. The Morgan fingerprint density at radius 1 is 1.82 bits per heavy atom. The summed E-state index contributed by atoms with van der Waals surface area (Å²) in [6.07, 6.45) is 4.52. The van der Waals surface area contributed by atoms with Crippen molar-refractivity contribution in [1.82, 2.24) is 9.55 Å². The van der Waals surface area contributed by atoms with E-state index in [1.54, 1.807) is 6.20 Å². The average molecular weight is 149 g/mol. The van der Waals surface area contributed by atoms with E-state index in [0.29, 0.717) is 0 Å². The van der Waals surface area contributed by atoms with Gasteiger partial charge in [0.05, 0.1) is 6.04 Å². The van der Waals surface area contributed by atoms with Crippen LogP contribution >= 0.6 is 0 Å². The van der Waals surface area contributed by atoms with E-state index in [1.807, 2.05) is 10.8 Å². The molecule has 0 saturated heterocycles. The lowest BCUT2D eigenvalue weighted by Crippen LogP contribution is -1.90. The van der Waals surface area contributed by atoms with E-state index in [-0.39, 0.29) is 6.04 Å². The summed E-state index contributed by atoms with van der Waals surface area (Å²) in [5.74, 6) is 0.891. The van der Waals surface area contributed by atoms with Gasteiger partial charge in [-0.15, -0.1) is 0 Å². The molecule has 5 heteroatoms. The van der Waals surface area contributed by atoms with Crippen LogP contribution in [0.3, 0.4) is 0 Å². The summed E-state index contributed by atoms with van der Waals surface area (Å²) >= 11 is 0. The molecule has 0 N–H and O–H groups in total. The number of imidazole rings is 1. The number of hydrogen-bond donors (Lipinski definition) is 0. The number of aromatic nitrogens is 2. The second kappa shape index (κ2) is 2.29. The lowest BCUT2D eigenvalue weighted by molar-refractivity contribution is 0.674. The quantitative estimate of drug-likeness (QED) is 0.340. The summed E-state index contributed by atoms with van der Waals surface area (Å²) in [7, 11) is 0. The molecule has 5 nitrogen and oxygen atoms in total. The molecule has 0 saturated carbocycles. The van der Waals surface area contributed by atoms with E-state index in [4.69, 9.17) is 5.53 Å². The van der Waals surface area contributed by atoms with Crippen molar-refractivity contribution >= 4 is 0 Å². The maximum Gasteiger partial charge on any atom is 0.117 e. The first kappa shape index (κ1) is 6.24. The predicted molar refractivity (Wildman–Crippen MR) is 38.7 cm³/mol. The number of azide groups is 1. The Morgan fingerprint density at radius 2 is 2.73 bits per heavy atom. The van der Waals surface area contributed by atoms with Gasteiger partial charge < -0.3 is 4.57 Å². The van der Waals surface area contributed by atoms with Crippen molar-refractivity contribution in [1.29, 1.82) is 0 Å². The van der Waals surface area contributed by atoms with Crippen molar-refractivity contribution in [2.75, 3.05) is 0 Å². The third kappa shape index (κ3) is 0.860. The van der Waals surface area contributed by atoms with Gasteiger partial charge >= 0.3 is 0 Å². The number of fused-ring (bicyclic) bond motifs is 1. The number of nitrogens with zero attached hydrogens (tertiary/aromatic N) is 5. The van der Waals surface area contributed by atoms with Crippen LogP contribution in [-0.2, 0) is 6.54 Å². The Morgan fingerprint density at radius 3 is 3.55 bits per heavy atom. The molecule has 2 rings (SSSR count). The average Bonchev–Trinajstić information content (AvgIpc) is 2.53. The highest BCUT2D eigenvalue weighted by atomic mass is 15.2. The van der Waals surface area contributed by atoms with E-state index in [1.165, 1.54) is 0 Å². The molecule has 1 aliphatic rings. The molecule has 0 spiro atoms. The summed E-state index contributed by atoms with van der Waals surface area (Å²) in [5.41, 5.74) is 8.21. The zero-order chi connectivity index (χ0) is 7.68. The van der Waals surface area contributed by atoms with Gasteiger partial charge in [-0.3, -0.25) is 0 Å². The van der Waals surface area contributed by atoms with Crippen LogP contribution in [0.5, 0.6) is 0 Å². The van der Waals surface area contributed by atoms with Crippen LogP contribution in [0.25, 0.3) is 10.4 Å². The van der Waals surface area contributed by atoms with Crippen LogP contribution in [-0.4, -0.2) is 9.55 Å². The normalized spacial score (nSPS) is 20.9. The molecule has 0 bridgehead atoms. The van der Waals surface area contributed by atoms with Crippen molar-refractivity contribution < 1.29 is 0 Å².